The number of pyridine rings is 2. The monoisotopic (exact) mass is 491 g/mol. The number of amides is 1. The Bertz CT molecular complexity index is 1230. The molecule has 1 amide bonds. The molecule has 5 heterocycles. The average molecular weight is 492 g/mol. The number of nitrogens with two attached hydrogens (primary N) is 2. The summed E-state index contributed by atoms with van der Waals surface area (Å²) in [5.74, 6) is 1.57. The van der Waals surface area contributed by atoms with Crippen LogP contribution in [0.3, 0.4) is 0 Å². The van der Waals surface area contributed by atoms with Crippen molar-refractivity contribution in [3.05, 3.63) is 36.2 Å². The number of fused-ring (bicyclic) bond motifs is 1. The lowest BCUT2D eigenvalue weighted by atomic mass is 10.0. The minimum Gasteiger partial charge on any atom is -0.384 e. The molecule has 2 saturated heterocycles. The standard InChI is InChI=1S/C25H33N9O2/c1-25(2,24(27)35)34-9-7-32(8-10-34)16-18-4-5-19-21(29-18)23(33-11-13-36-14-12-33)31-22(30-19)17-3-6-20(26)28-15-17/h3-6,15H,7-14,16H2,1-2H3,(H2,26,28)(H2,27,35). The molecule has 0 unspecified atom stereocenters. The highest BCUT2D eigenvalue weighted by molar-refractivity contribution is 5.87. The summed E-state index contributed by atoms with van der Waals surface area (Å²) >= 11 is 0. The van der Waals surface area contributed by atoms with Gasteiger partial charge < -0.3 is 21.1 Å². The van der Waals surface area contributed by atoms with Crippen molar-refractivity contribution in [1.82, 2.24) is 29.7 Å². The maximum absolute atomic E-state index is 11.8. The highest BCUT2D eigenvalue weighted by Crippen LogP contribution is 2.28. The molecule has 11 heteroatoms. The van der Waals surface area contributed by atoms with Crippen molar-refractivity contribution < 1.29 is 9.53 Å². The van der Waals surface area contributed by atoms with Crippen molar-refractivity contribution in [1.29, 1.82) is 0 Å². The molecule has 36 heavy (non-hydrogen) atoms. The molecular formula is C25H33N9O2. The van der Waals surface area contributed by atoms with Gasteiger partial charge in [-0.05, 0) is 38.1 Å². The molecule has 2 aliphatic heterocycles. The second-order valence-electron chi connectivity index (χ2n) is 9.80. The molecule has 0 radical (unpaired) electrons. The number of nitrogen functional groups attached to an aromatic ring is 1. The van der Waals surface area contributed by atoms with Gasteiger partial charge in [-0.1, -0.05) is 0 Å². The van der Waals surface area contributed by atoms with Crippen LogP contribution in [0.2, 0.25) is 0 Å². The van der Waals surface area contributed by atoms with E-state index in [2.05, 4.69) is 19.7 Å². The van der Waals surface area contributed by atoms with Crippen molar-refractivity contribution in [2.24, 2.45) is 5.73 Å². The van der Waals surface area contributed by atoms with E-state index in [0.29, 0.717) is 31.4 Å². The first kappa shape index (κ1) is 24.3. The number of morpholine rings is 1. The smallest absolute Gasteiger partial charge is 0.237 e. The van der Waals surface area contributed by atoms with Gasteiger partial charge >= 0.3 is 0 Å². The molecule has 0 spiro atoms. The highest BCUT2D eigenvalue weighted by atomic mass is 16.5. The number of piperazine rings is 1. The van der Waals surface area contributed by atoms with E-state index < -0.39 is 5.54 Å². The number of ether oxygens (including phenoxy) is 1. The van der Waals surface area contributed by atoms with Gasteiger partial charge in [-0.25, -0.2) is 19.9 Å². The summed E-state index contributed by atoms with van der Waals surface area (Å²) < 4.78 is 5.56. The van der Waals surface area contributed by atoms with Crippen LogP contribution in [0.5, 0.6) is 0 Å². The van der Waals surface area contributed by atoms with E-state index in [1.54, 1.807) is 12.3 Å². The number of rotatable bonds is 6. The molecule has 5 rings (SSSR count). The molecular weight excluding hydrogens is 458 g/mol. The fourth-order valence-corrected chi connectivity index (χ4v) is 4.64. The fourth-order valence-electron chi connectivity index (χ4n) is 4.64. The van der Waals surface area contributed by atoms with Crippen molar-refractivity contribution in [3.63, 3.8) is 0 Å². The summed E-state index contributed by atoms with van der Waals surface area (Å²) in [7, 11) is 0. The molecule has 0 saturated carbocycles. The van der Waals surface area contributed by atoms with Gasteiger partial charge in [-0.3, -0.25) is 14.6 Å². The molecule has 3 aromatic rings. The summed E-state index contributed by atoms with van der Waals surface area (Å²) in [5.41, 5.74) is 14.1. The van der Waals surface area contributed by atoms with Crippen LogP contribution in [0.1, 0.15) is 19.5 Å². The third-order valence-electron chi connectivity index (χ3n) is 7.09. The predicted molar refractivity (Wildman–Crippen MR) is 138 cm³/mol. The van der Waals surface area contributed by atoms with Crippen molar-refractivity contribution in [3.8, 4) is 11.4 Å². The van der Waals surface area contributed by atoms with E-state index in [4.69, 9.17) is 31.2 Å². The minimum atomic E-state index is -0.643. The number of primary amides is 1. The molecule has 0 bridgehead atoms. The van der Waals surface area contributed by atoms with Gasteiger partial charge in [0.25, 0.3) is 0 Å². The minimum absolute atomic E-state index is 0.295. The number of hydrogen-bond donors (Lipinski definition) is 2. The zero-order valence-corrected chi connectivity index (χ0v) is 20.9. The lowest BCUT2D eigenvalue weighted by Crippen LogP contribution is -2.59. The van der Waals surface area contributed by atoms with E-state index in [0.717, 1.165) is 67.4 Å². The van der Waals surface area contributed by atoms with Gasteiger partial charge in [0.15, 0.2) is 11.6 Å². The third kappa shape index (κ3) is 4.95. The maximum Gasteiger partial charge on any atom is 0.237 e. The van der Waals surface area contributed by atoms with Gasteiger partial charge in [-0.15, -0.1) is 0 Å². The summed E-state index contributed by atoms with van der Waals surface area (Å²) in [6.45, 7) is 10.5. The summed E-state index contributed by atoms with van der Waals surface area (Å²) in [6, 6.07) is 7.68. The first-order chi connectivity index (χ1) is 17.3. The normalized spacial score (nSPS) is 18.0. The number of nitrogens with zero attached hydrogens (tertiary/aromatic N) is 7. The zero-order valence-electron chi connectivity index (χ0n) is 20.9. The molecule has 190 valence electrons. The molecule has 0 aromatic carbocycles. The van der Waals surface area contributed by atoms with Crippen molar-refractivity contribution in [2.45, 2.75) is 25.9 Å². The van der Waals surface area contributed by atoms with Crippen molar-refractivity contribution >= 4 is 28.6 Å². The topological polar surface area (TPSA) is 140 Å². The Balaban J connectivity index is 1.41. The molecule has 3 aromatic heterocycles. The highest BCUT2D eigenvalue weighted by Gasteiger charge is 2.34. The van der Waals surface area contributed by atoms with Crippen LogP contribution < -0.4 is 16.4 Å². The number of anilines is 2. The summed E-state index contributed by atoms with van der Waals surface area (Å²) in [5, 5.41) is 0. The zero-order chi connectivity index (χ0) is 25.3. The molecule has 2 aliphatic rings. The fraction of sp³-hybridized carbons (Fsp3) is 0.480. The predicted octanol–water partition coefficient (Wildman–Crippen LogP) is 0.887. The number of carbonyl (C=O) groups is 1. The molecule has 0 aliphatic carbocycles. The van der Waals surface area contributed by atoms with Crippen LogP contribution in [0.4, 0.5) is 11.6 Å². The Morgan fingerprint density at radius 2 is 1.75 bits per heavy atom. The van der Waals surface area contributed by atoms with E-state index in [1.807, 2.05) is 32.0 Å². The van der Waals surface area contributed by atoms with E-state index in [9.17, 15) is 4.79 Å². The first-order valence-corrected chi connectivity index (χ1v) is 12.3. The van der Waals surface area contributed by atoms with Crippen LogP contribution in [-0.2, 0) is 16.1 Å². The van der Waals surface area contributed by atoms with Crippen LogP contribution in [0.25, 0.3) is 22.4 Å². The molecule has 2 fully saturated rings. The second-order valence-corrected chi connectivity index (χ2v) is 9.80. The van der Waals surface area contributed by atoms with Gasteiger partial charge in [0, 0.05) is 57.6 Å². The quantitative estimate of drug-likeness (QED) is 0.511. The SMILES string of the molecule is CC(C)(C(N)=O)N1CCN(Cc2ccc3nc(-c4ccc(N)nc4)nc(N4CCOCC4)c3n2)CC1. The first-order valence-electron chi connectivity index (χ1n) is 12.3. The molecule has 4 N–H and O–H groups in total. The third-order valence-corrected chi connectivity index (χ3v) is 7.09. The number of hydrogen-bond acceptors (Lipinski definition) is 10. The summed E-state index contributed by atoms with van der Waals surface area (Å²) in [6.07, 6.45) is 1.69. The van der Waals surface area contributed by atoms with E-state index >= 15 is 0 Å². The van der Waals surface area contributed by atoms with Gasteiger partial charge in [0.05, 0.1) is 30.0 Å². The van der Waals surface area contributed by atoms with E-state index in [1.165, 1.54) is 0 Å². The summed E-state index contributed by atoms with van der Waals surface area (Å²) in [4.78, 5) is 37.5. The Kier molecular flexibility index (Phi) is 6.69. The van der Waals surface area contributed by atoms with Gasteiger partial charge in [-0.2, -0.15) is 0 Å². The Hall–Kier alpha value is -3.41. The number of carbonyl (C=O) groups excluding carboxylic acids is 1. The van der Waals surface area contributed by atoms with Gasteiger partial charge in [0.1, 0.15) is 11.3 Å². The lowest BCUT2D eigenvalue weighted by molar-refractivity contribution is -0.129. The van der Waals surface area contributed by atoms with Crippen molar-refractivity contribution in [2.75, 3.05) is 63.1 Å². The Labute approximate surface area is 210 Å². The Morgan fingerprint density at radius 3 is 2.42 bits per heavy atom. The Morgan fingerprint density at radius 1 is 1.00 bits per heavy atom. The van der Waals surface area contributed by atoms with Crippen LogP contribution >= 0.6 is 0 Å². The van der Waals surface area contributed by atoms with E-state index in [-0.39, 0.29) is 5.91 Å². The number of aromatic nitrogens is 4. The lowest BCUT2D eigenvalue weighted by Gasteiger charge is -2.42. The maximum atomic E-state index is 11.8. The molecule has 0 atom stereocenters. The van der Waals surface area contributed by atoms with Gasteiger partial charge in [0.2, 0.25) is 5.91 Å². The van der Waals surface area contributed by atoms with Crippen LogP contribution in [0, 0.1) is 0 Å². The average Bonchev–Trinajstić information content (AvgIpc) is 2.89. The second kappa shape index (κ2) is 9.92. The largest absolute Gasteiger partial charge is 0.384 e. The van der Waals surface area contributed by atoms with Crippen LogP contribution in [0.15, 0.2) is 30.5 Å². The molecule has 11 nitrogen and oxygen atoms in total. The van der Waals surface area contributed by atoms with Crippen LogP contribution in [-0.4, -0.2) is 93.7 Å².